The maximum atomic E-state index is 11.8. The fourth-order valence-corrected chi connectivity index (χ4v) is 1.38. The molecule has 4 nitrogen and oxygen atoms in total. The fourth-order valence-electron chi connectivity index (χ4n) is 1.38. The molecule has 5 heteroatoms. The largest absolute Gasteiger partial charge is 0.491 e. The first-order chi connectivity index (χ1) is 8.40. The zero-order chi connectivity index (χ0) is 13.7. The second-order valence-electron chi connectivity index (χ2n) is 4.83. The molecular weight excluding hydrogens is 264 g/mol. The third-order valence-corrected chi connectivity index (χ3v) is 2.70. The summed E-state index contributed by atoms with van der Waals surface area (Å²) in [7, 11) is 0. The standard InChI is InChI=1S/C14H22N2O2.ClH/c1-9(2)18-13-7-5-12(6-8-13)16-14(17)10(3)11(4)15;/h5-11H,15H2,1-4H3,(H,16,17);1H. The molecule has 0 saturated heterocycles. The van der Waals surface area contributed by atoms with Crippen LogP contribution in [0.2, 0.25) is 0 Å². The van der Waals surface area contributed by atoms with Crippen LogP contribution in [-0.2, 0) is 4.79 Å². The molecule has 0 heterocycles. The predicted molar refractivity (Wildman–Crippen MR) is 80.9 cm³/mol. The van der Waals surface area contributed by atoms with Crippen LogP contribution in [0.1, 0.15) is 27.7 Å². The lowest BCUT2D eigenvalue weighted by Gasteiger charge is -2.15. The Labute approximate surface area is 121 Å². The van der Waals surface area contributed by atoms with Gasteiger partial charge in [0.25, 0.3) is 0 Å². The van der Waals surface area contributed by atoms with E-state index in [-0.39, 0.29) is 36.4 Å². The zero-order valence-electron chi connectivity index (χ0n) is 11.8. The van der Waals surface area contributed by atoms with Gasteiger partial charge in [0.05, 0.1) is 12.0 Å². The summed E-state index contributed by atoms with van der Waals surface area (Å²) in [6.45, 7) is 7.58. The molecule has 1 rings (SSSR count). The van der Waals surface area contributed by atoms with E-state index in [1.54, 1.807) is 0 Å². The van der Waals surface area contributed by atoms with Crippen LogP contribution in [0.4, 0.5) is 5.69 Å². The molecule has 19 heavy (non-hydrogen) atoms. The Morgan fingerprint density at radius 2 is 1.68 bits per heavy atom. The summed E-state index contributed by atoms with van der Waals surface area (Å²) in [5, 5.41) is 2.83. The quantitative estimate of drug-likeness (QED) is 0.875. The van der Waals surface area contributed by atoms with Crippen molar-refractivity contribution in [3.05, 3.63) is 24.3 Å². The first-order valence-electron chi connectivity index (χ1n) is 6.23. The Balaban J connectivity index is 0.00000324. The van der Waals surface area contributed by atoms with Gasteiger partial charge in [-0.3, -0.25) is 4.79 Å². The summed E-state index contributed by atoms with van der Waals surface area (Å²) in [4.78, 5) is 11.8. The van der Waals surface area contributed by atoms with Crippen LogP contribution in [0.15, 0.2) is 24.3 Å². The van der Waals surface area contributed by atoms with Crippen molar-refractivity contribution in [1.29, 1.82) is 0 Å². The van der Waals surface area contributed by atoms with Crippen LogP contribution < -0.4 is 15.8 Å². The van der Waals surface area contributed by atoms with Crippen molar-refractivity contribution in [2.75, 3.05) is 5.32 Å². The van der Waals surface area contributed by atoms with E-state index in [0.29, 0.717) is 0 Å². The highest BCUT2D eigenvalue weighted by Crippen LogP contribution is 2.17. The van der Waals surface area contributed by atoms with Gasteiger partial charge in [-0.1, -0.05) is 6.92 Å². The molecule has 0 saturated carbocycles. The second-order valence-corrected chi connectivity index (χ2v) is 4.83. The van der Waals surface area contributed by atoms with Gasteiger partial charge in [0.2, 0.25) is 5.91 Å². The van der Waals surface area contributed by atoms with Gasteiger partial charge in [-0.15, -0.1) is 12.4 Å². The molecule has 1 amide bonds. The molecule has 1 aromatic carbocycles. The SMILES string of the molecule is CC(C)Oc1ccc(NC(=O)C(C)C(C)N)cc1.Cl. The molecule has 0 bridgehead atoms. The van der Waals surface area contributed by atoms with E-state index in [0.717, 1.165) is 11.4 Å². The highest BCUT2D eigenvalue weighted by atomic mass is 35.5. The van der Waals surface area contributed by atoms with Gasteiger partial charge in [-0.05, 0) is 45.0 Å². The molecule has 0 aromatic heterocycles. The van der Waals surface area contributed by atoms with E-state index in [9.17, 15) is 4.79 Å². The Bertz CT molecular complexity index is 391. The maximum Gasteiger partial charge on any atom is 0.228 e. The minimum atomic E-state index is -0.211. The van der Waals surface area contributed by atoms with Crippen molar-refractivity contribution in [2.24, 2.45) is 11.7 Å². The van der Waals surface area contributed by atoms with Crippen LogP contribution in [-0.4, -0.2) is 18.1 Å². The normalized spacial score (nSPS) is 13.4. The second kappa shape index (κ2) is 8.02. The maximum absolute atomic E-state index is 11.8. The van der Waals surface area contributed by atoms with Crippen LogP contribution in [0.3, 0.4) is 0 Å². The third-order valence-electron chi connectivity index (χ3n) is 2.70. The number of hydrogen-bond acceptors (Lipinski definition) is 3. The molecule has 2 atom stereocenters. The number of benzene rings is 1. The first-order valence-corrected chi connectivity index (χ1v) is 6.23. The summed E-state index contributed by atoms with van der Waals surface area (Å²) < 4.78 is 5.53. The zero-order valence-corrected chi connectivity index (χ0v) is 12.7. The minimum absolute atomic E-state index is 0. The smallest absolute Gasteiger partial charge is 0.228 e. The van der Waals surface area contributed by atoms with Crippen LogP contribution >= 0.6 is 12.4 Å². The molecule has 0 aliphatic rings. The number of carbonyl (C=O) groups is 1. The van der Waals surface area contributed by atoms with Gasteiger partial charge in [-0.25, -0.2) is 0 Å². The number of anilines is 1. The van der Waals surface area contributed by atoms with Gasteiger partial charge in [0, 0.05) is 11.7 Å². The summed E-state index contributed by atoms with van der Waals surface area (Å²) in [5.74, 6) is 0.516. The Hall–Kier alpha value is -1.26. The van der Waals surface area contributed by atoms with Crippen LogP contribution in [0.25, 0.3) is 0 Å². The summed E-state index contributed by atoms with van der Waals surface area (Å²) >= 11 is 0. The van der Waals surface area contributed by atoms with Crippen molar-refractivity contribution >= 4 is 24.0 Å². The monoisotopic (exact) mass is 286 g/mol. The molecule has 0 aliphatic carbocycles. The molecular formula is C14H23ClN2O2. The van der Waals surface area contributed by atoms with E-state index in [2.05, 4.69) is 5.32 Å². The lowest BCUT2D eigenvalue weighted by atomic mass is 10.0. The molecule has 108 valence electrons. The predicted octanol–water partition coefficient (Wildman–Crippen LogP) is 2.82. The lowest BCUT2D eigenvalue weighted by Crippen LogP contribution is -2.34. The highest BCUT2D eigenvalue weighted by Gasteiger charge is 2.16. The van der Waals surface area contributed by atoms with Crippen LogP contribution in [0, 0.1) is 5.92 Å². The lowest BCUT2D eigenvalue weighted by molar-refractivity contribution is -0.119. The van der Waals surface area contributed by atoms with E-state index < -0.39 is 0 Å². The first kappa shape index (κ1) is 17.7. The number of carbonyl (C=O) groups excluding carboxylic acids is 1. The molecule has 0 radical (unpaired) electrons. The number of halogens is 1. The number of hydrogen-bond donors (Lipinski definition) is 2. The minimum Gasteiger partial charge on any atom is -0.491 e. The molecule has 2 unspecified atom stereocenters. The Kier molecular flexibility index (Phi) is 7.49. The summed E-state index contributed by atoms with van der Waals surface area (Å²) in [6.07, 6.45) is 0.142. The van der Waals surface area contributed by atoms with Gasteiger partial charge in [0.15, 0.2) is 0 Å². The molecule has 0 fully saturated rings. The highest BCUT2D eigenvalue weighted by molar-refractivity contribution is 5.92. The van der Waals surface area contributed by atoms with Gasteiger partial charge in [-0.2, -0.15) is 0 Å². The van der Waals surface area contributed by atoms with E-state index in [4.69, 9.17) is 10.5 Å². The van der Waals surface area contributed by atoms with Crippen molar-refractivity contribution in [3.8, 4) is 5.75 Å². The number of ether oxygens (including phenoxy) is 1. The van der Waals surface area contributed by atoms with Crippen molar-refractivity contribution in [2.45, 2.75) is 39.8 Å². The van der Waals surface area contributed by atoms with Gasteiger partial charge >= 0.3 is 0 Å². The molecule has 0 aliphatic heterocycles. The third kappa shape index (κ3) is 5.94. The molecule has 1 aromatic rings. The average molecular weight is 287 g/mol. The number of nitrogens with two attached hydrogens (primary N) is 1. The fraction of sp³-hybridized carbons (Fsp3) is 0.500. The molecule has 3 N–H and O–H groups in total. The van der Waals surface area contributed by atoms with E-state index in [1.165, 1.54) is 0 Å². The van der Waals surface area contributed by atoms with Crippen molar-refractivity contribution < 1.29 is 9.53 Å². The average Bonchev–Trinajstić information content (AvgIpc) is 2.29. The van der Waals surface area contributed by atoms with E-state index in [1.807, 2.05) is 52.0 Å². The van der Waals surface area contributed by atoms with Crippen molar-refractivity contribution in [1.82, 2.24) is 0 Å². The summed E-state index contributed by atoms with van der Waals surface area (Å²) in [5.41, 5.74) is 6.44. The van der Waals surface area contributed by atoms with Gasteiger partial charge in [0.1, 0.15) is 5.75 Å². The van der Waals surface area contributed by atoms with Crippen molar-refractivity contribution in [3.63, 3.8) is 0 Å². The number of nitrogens with one attached hydrogen (secondary N) is 1. The van der Waals surface area contributed by atoms with E-state index >= 15 is 0 Å². The number of amides is 1. The van der Waals surface area contributed by atoms with Gasteiger partial charge < -0.3 is 15.8 Å². The summed E-state index contributed by atoms with van der Waals surface area (Å²) in [6, 6.07) is 7.17. The number of rotatable bonds is 5. The van der Waals surface area contributed by atoms with Crippen LogP contribution in [0.5, 0.6) is 5.75 Å². The topological polar surface area (TPSA) is 64.3 Å². The Morgan fingerprint density at radius 1 is 1.16 bits per heavy atom. The Morgan fingerprint density at radius 3 is 2.11 bits per heavy atom. The molecule has 0 spiro atoms.